The fourth-order valence-electron chi connectivity index (χ4n) is 2.48. The summed E-state index contributed by atoms with van der Waals surface area (Å²) in [5.74, 6) is -2.71. The van der Waals surface area contributed by atoms with Gasteiger partial charge in [0.1, 0.15) is 0 Å². The number of carboxylic acids is 1. The lowest BCUT2D eigenvalue weighted by Crippen LogP contribution is -2.38. The topological polar surface area (TPSA) is 123 Å². The van der Waals surface area contributed by atoms with E-state index in [0.29, 0.717) is 13.1 Å². The van der Waals surface area contributed by atoms with Crippen LogP contribution in [0.2, 0.25) is 0 Å². The Balaban J connectivity index is 0.000000345. The SMILES string of the molecule is CNC(=O)CN1CCc2c(CNc3nccs3)n[nH]c2C1.O=C(O)C(F)(F)F. The molecule has 0 aliphatic carbocycles. The zero-order chi connectivity index (χ0) is 20.7. The molecule has 0 saturated heterocycles. The number of hydrogen-bond donors (Lipinski definition) is 4. The van der Waals surface area contributed by atoms with Crippen LogP contribution in [0.15, 0.2) is 11.6 Å². The highest BCUT2D eigenvalue weighted by Crippen LogP contribution is 2.21. The molecule has 0 unspecified atom stereocenters. The normalized spacial score (nSPS) is 13.9. The number of carbonyl (C=O) groups excluding carboxylic acids is 1. The number of aliphatic carboxylic acids is 1. The van der Waals surface area contributed by atoms with Crippen LogP contribution in [0.1, 0.15) is 17.0 Å². The quantitative estimate of drug-likeness (QED) is 0.573. The summed E-state index contributed by atoms with van der Waals surface area (Å²) in [5.41, 5.74) is 3.42. The monoisotopic (exact) mass is 420 g/mol. The fraction of sp³-hybridized carbons (Fsp3) is 0.467. The lowest BCUT2D eigenvalue weighted by atomic mass is 10.0. The summed E-state index contributed by atoms with van der Waals surface area (Å²) in [6, 6.07) is 0. The predicted octanol–water partition coefficient (Wildman–Crippen LogP) is 1.22. The molecule has 2 aromatic heterocycles. The lowest BCUT2D eigenvalue weighted by molar-refractivity contribution is -0.192. The maximum Gasteiger partial charge on any atom is 0.490 e. The van der Waals surface area contributed by atoms with Gasteiger partial charge >= 0.3 is 12.1 Å². The lowest BCUT2D eigenvalue weighted by Gasteiger charge is -2.25. The predicted molar refractivity (Wildman–Crippen MR) is 94.8 cm³/mol. The van der Waals surface area contributed by atoms with Crippen LogP contribution in [0.3, 0.4) is 0 Å². The molecule has 0 atom stereocenters. The number of anilines is 1. The molecule has 1 aliphatic heterocycles. The first-order valence-electron chi connectivity index (χ1n) is 8.12. The highest BCUT2D eigenvalue weighted by Gasteiger charge is 2.38. The Labute approximate surface area is 162 Å². The molecule has 3 rings (SSSR count). The van der Waals surface area contributed by atoms with Gasteiger partial charge in [0.05, 0.1) is 24.5 Å². The van der Waals surface area contributed by atoms with Gasteiger partial charge in [-0.05, 0) is 6.42 Å². The summed E-state index contributed by atoms with van der Waals surface area (Å²) in [5, 5.41) is 23.4. The molecule has 28 heavy (non-hydrogen) atoms. The Hall–Kier alpha value is -2.67. The molecule has 0 saturated carbocycles. The summed E-state index contributed by atoms with van der Waals surface area (Å²) in [6.07, 6.45) is -2.39. The third kappa shape index (κ3) is 6.20. The average Bonchev–Trinajstić information content (AvgIpc) is 3.28. The number of carbonyl (C=O) groups is 2. The molecule has 1 amide bonds. The van der Waals surface area contributed by atoms with Crippen molar-refractivity contribution in [2.45, 2.75) is 25.7 Å². The minimum absolute atomic E-state index is 0.0450. The number of hydrogen-bond acceptors (Lipinski definition) is 7. The Morgan fingerprint density at radius 3 is 2.71 bits per heavy atom. The highest BCUT2D eigenvalue weighted by atomic mass is 32.1. The van der Waals surface area contributed by atoms with Crippen LogP contribution in [0.25, 0.3) is 0 Å². The molecule has 0 aromatic carbocycles. The van der Waals surface area contributed by atoms with E-state index in [1.807, 2.05) is 5.38 Å². The molecule has 4 N–H and O–H groups in total. The number of alkyl halides is 3. The standard InChI is InChI=1S/C13H18N6OS.C2HF3O2/c1-14-12(20)8-19-4-2-9-10(17-18-11(9)7-19)6-16-13-15-3-5-21-13;3-2(4,5)1(6)7/h3,5H,2,4,6-8H2,1H3,(H,14,20)(H,15,16)(H,17,18);(H,6,7). The van der Waals surface area contributed by atoms with Crippen LogP contribution < -0.4 is 10.6 Å². The van der Waals surface area contributed by atoms with Crippen molar-refractivity contribution < 1.29 is 27.9 Å². The van der Waals surface area contributed by atoms with Crippen LogP contribution >= 0.6 is 11.3 Å². The van der Waals surface area contributed by atoms with Gasteiger partial charge in [0.25, 0.3) is 0 Å². The van der Waals surface area contributed by atoms with E-state index in [9.17, 15) is 18.0 Å². The average molecular weight is 420 g/mol. The first-order chi connectivity index (χ1) is 13.2. The van der Waals surface area contributed by atoms with Gasteiger partial charge in [0, 0.05) is 37.3 Å². The van der Waals surface area contributed by atoms with E-state index in [1.165, 1.54) is 5.56 Å². The molecule has 0 radical (unpaired) electrons. The van der Waals surface area contributed by atoms with Gasteiger partial charge in [-0.1, -0.05) is 0 Å². The number of halogens is 3. The van der Waals surface area contributed by atoms with Gasteiger partial charge in [0.2, 0.25) is 5.91 Å². The largest absolute Gasteiger partial charge is 0.490 e. The molecule has 1 aliphatic rings. The number of aromatic amines is 1. The van der Waals surface area contributed by atoms with Gasteiger partial charge < -0.3 is 15.7 Å². The molecular formula is C15H19F3N6O3S. The number of aromatic nitrogens is 3. The van der Waals surface area contributed by atoms with Gasteiger partial charge in [-0.25, -0.2) is 9.78 Å². The number of likely N-dealkylation sites (N-methyl/N-ethyl adjacent to an activating group) is 1. The smallest absolute Gasteiger partial charge is 0.475 e. The molecule has 0 spiro atoms. The van der Waals surface area contributed by atoms with Gasteiger partial charge in [-0.3, -0.25) is 14.8 Å². The Morgan fingerprint density at radius 2 is 2.14 bits per heavy atom. The van der Waals surface area contributed by atoms with Crippen molar-refractivity contribution in [3.63, 3.8) is 0 Å². The van der Waals surface area contributed by atoms with Crippen molar-refractivity contribution in [2.75, 3.05) is 25.5 Å². The van der Waals surface area contributed by atoms with Crippen molar-refractivity contribution in [3.8, 4) is 0 Å². The fourth-order valence-corrected chi connectivity index (χ4v) is 3.00. The maximum atomic E-state index is 11.4. The zero-order valence-electron chi connectivity index (χ0n) is 14.8. The summed E-state index contributed by atoms with van der Waals surface area (Å²) < 4.78 is 31.7. The number of nitrogens with zero attached hydrogens (tertiary/aromatic N) is 3. The first kappa shape index (κ1) is 21.6. The Morgan fingerprint density at radius 1 is 1.43 bits per heavy atom. The number of nitrogens with one attached hydrogen (secondary N) is 3. The second-order valence-corrected chi connectivity index (χ2v) is 6.65. The minimum Gasteiger partial charge on any atom is -0.475 e. The van der Waals surface area contributed by atoms with Crippen molar-refractivity contribution in [2.24, 2.45) is 0 Å². The van der Waals surface area contributed by atoms with E-state index in [0.717, 1.165) is 36.0 Å². The first-order valence-corrected chi connectivity index (χ1v) is 9.00. The number of carboxylic acid groups (broad SMARTS) is 1. The van der Waals surface area contributed by atoms with Gasteiger partial charge in [-0.15, -0.1) is 11.3 Å². The van der Waals surface area contributed by atoms with Crippen LogP contribution in [0.4, 0.5) is 18.3 Å². The van der Waals surface area contributed by atoms with Crippen molar-refractivity contribution in [1.29, 1.82) is 0 Å². The summed E-state index contributed by atoms with van der Waals surface area (Å²) in [7, 11) is 1.66. The third-order valence-electron chi connectivity index (χ3n) is 3.83. The van der Waals surface area contributed by atoms with Gasteiger partial charge in [-0.2, -0.15) is 18.3 Å². The summed E-state index contributed by atoms with van der Waals surface area (Å²) >= 11 is 1.58. The molecule has 2 aromatic rings. The molecular weight excluding hydrogens is 401 g/mol. The van der Waals surface area contributed by atoms with Crippen molar-refractivity contribution in [3.05, 3.63) is 28.5 Å². The minimum atomic E-state index is -5.08. The molecule has 154 valence electrons. The Bertz CT molecular complexity index is 794. The van der Waals surface area contributed by atoms with E-state index >= 15 is 0 Å². The third-order valence-corrected chi connectivity index (χ3v) is 4.56. The van der Waals surface area contributed by atoms with Crippen LogP contribution in [0, 0.1) is 0 Å². The Kier molecular flexibility index (Phi) is 7.34. The van der Waals surface area contributed by atoms with Gasteiger partial charge in [0.15, 0.2) is 5.13 Å². The van der Waals surface area contributed by atoms with E-state index in [1.54, 1.807) is 24.6 Å². The van der Waals surface area contributed by atoms with Crippen molar-refractivity contribution in [1.82, 2.24) is 25.4 Å². The number of rotatable bonds is 5. The number of H-pyrrole nitrogens is 1. The molecule has 0 fully saturated rings. The summed E-state index contributed by atoms with van der Waals surface area (Å²) in [6.45, 7) is 2.73. The van der Waals surface area contributed by atoms with E-state index < -0.39 is 12.1 Å². The van der Waals surface area contributed by atoms with E-state index in [4.69, 9.17) is 9.90 Å². The number of fused-ring (bicyclic) bond motifs is 1. The van der Waals surface area contributed by atoms with Crippen LogP contribution in [-0.4, -0.2) is 63.4 Å². The summed E-state index contributed by atoms with van der Waals surface area (Å²) in [4.78, 5) is 26.7. The number of thiazole rings is 1. The van der Waals surface area contributed by atoms with Crippen molar-refractivity contribution >= 4 is 28.3 Å². The molecule has 13 heteroatoms. The molecule has 0 bridgehead atoms. The number of amides is 1. The second kappa shape index (κ2) is 9.50. The molecule has 3 heterocycles. The van der Waals surface area contributed by atoms with E-state index in [2.05, 4.69) is 30.7 Å². The maximum absolute atomic E-state index is 11.4. The molecule has 9 nitrogen and oxygen atoms in total. The van der Waals surface area contributed by atoms with Crippen LogP contribution in [-0.2, 0) is 29.1 Å². The second-order valence-electron chi connectivity index (χ2n) is 5.75. The van der Waals surface area contributed by atoms with E-state index in [-0.39, 0.29) is 5.91 Å². The van der Waals surface area contributed by atoms with Crippen LogP contribution in [0.5, 0.6) is 0 Å². The highest BCUT2D eigenvalue weighted by molar-refractivity contribution is 7.13. The zero-order valence-corrected chi connectivity index (χ0v) is 15.7.